The van der Waals surface area contributed by atoms with Crippen molar-refractivity contribution in [3.8, 4) is 0 Å². The van der Waals surface area contributed by atoms with Crippen molar-refractivity contribution in [1.82, 2.24) is 4.98 Å². The summed E-state index contributed by atoms with van der Waals surface area (Å²) in [5.74, 6) is -0.401. The third-order valence-corrected chi connectivity index (χ3v) is 3.17. The minimum atomic E-state index is -0.966. The maximum absolute atomic E-state index is 11.4. The van der Waals surface area contributed by atoms with E-state index in [-0.39, 0.29) is 22.4 Å². The molecular formula is C11H12AgN2O2S. The zero-order chi connectivity index (χ0) is 11.5. The van der Waals surface area contributed by atoms with E-state index in [1.807, 2.05) is 24.3 Å². The summed E-state index contributed by atoms with van der Waals surface area (Å²) in [7, 11) is 0. The molecule has 1 heterocycles. The Balaban J connectivity index is 0.00000144. The van der Waals surface area contributed by atoms with Crippen LogP contribution in [0.15, 0.2) is 24.3 Å². The van der Waals surface area contributed by atoms with Gasteiger partial charge in [-0.25, -0.2) is 4.98 Å². The average Bonchev–Trinajstić information content (AvgIpc) is 2.69. The molecule has 0 aliphatic carbocycles. The van der Waals surface area contributed by atoms with Gasteiger partial charge in [-0.3, -0.25) is 10.1 Å². The Kier molecular flexibility index (Phi) is 5.30. The number of fused-ring (bicyclic) bond motifs is 1. The molecule has 0 aliphatic rings. The number of nitrogens with zero attached hydrogens (tertiary/aromatic N) is 1. The Hall–Kier alpha value is -0.720. The van der Waals surface area contributed by atoms with E-state index in [4.69, 9.17) is 0 Å². The zero-order valence-electron chi connectivity index (χ0n) is 9.11. The van der Waals surface area contributed by atoms with Crippen molar-refractivity contribution in [1.29, 1.82) is 0 Å². The van der Waals surface area contributed by atoms with Crippen molar-refractivity contribution in [3.63, 3.8) is 0 Å². The second-order valence-electron chi connectivity index (χ2n) is 3.40. The number of aromatic nitrogens is 1. The molecule has 1 radical (unpaired) electrons. The number of thiazole rings is 1. The van der Waals surface area contributed by atoms with Gasteiger partial charge in [-0.1, -0.05) is 30.4 Å². The number of para-hydroxylation sites is 1. The molecule has 1 aromatic heterocycles. The molecule has 0 spiro atoms. The molecule has 0 aliphatic heterocycles. The molecule has 0 fully saturated rings. The topological polar surface area (TPSA) is 62.2 Å². The summed E-state index contributed by atoms with van der Waals surface area (Å²) in [4.78, 5) is 15.7. The molecule has 4 nitrogen and oxygen atoms in total. The molecule has 2 aromatic rings. The predicted molar refractivity (Wildman–Crippen MR) is 64.5 cm³/mol. The van der Waals surface area contributed by atoms with Crippen molar-refractivity contribution >= 4 is 32.6 Å². The number of anilines is 1. The van der Waals surface area contributed by atoms with Crippen LogP contribution >= 0.6 is 11.3 Å². The smallest absolute Gasteiger partial charge is 0.254 e. The van der Waals surface area contributed by atoms with Crippen molar-refractivity contribution < 1.29 is 32.3 Å². The van der Waals surface area contributed by atoms with Gasteiger partial charge in [-0.15, -0.1) is 0 Å². The number of benzene rings is 1. The van der Waals surface area contributed by atoms with E-state index < -0.39 is 12.0 Å². The van der Waals surface area contributed by atoms with Crippen LogP contribution in [0.2, 0.25) is 0 Å². The van der Waals surface area contributed by atoms with Gasteiger partial charge >= 0.3 is 0 Å². The molecule has 17 heavy (non-hydrogen) atoms. The van der Waals surface area contributed by atoms with Crippen LogP contribution < -0.4 is 5.32 Å². The van der Waals surface area contributed by atoms with Gasteiger partial charge in [0.1, 0.15) is 6.10 Å². The average molecular weight is 344 g/mol. The first-order valence-electron chi connectivity index (χ1n) is 5.05. The van der Waals surface area contributed by atoms with Crippen molar-refractivity contribution in [2.45, 2.75) is 19.4 Å². The van der Waals surface area contributed by atoms with Crippen LogP contribution in [0, 0.1) is 0 Å². The first-order chi connectivity index (χ1) is 7.70. The molecule has 2 N–H and O–H groups in total. The number of carbonyl (C=O) groups excluding carboxylic acids is 1. The van der Waals surface area contributed by atoms with Gasteiger partial charge in [0, 0.05) is 22.4 Å². The molecule has 2 rings (SSSR count). The quantitative estimate of drug-likeness (QED) is 0.838. The Bertz CT molecular complexity index is 482. The van der Waals surface area contributed by atoms with Crippen molar-refractivity contribution in [2.24, 2.45) is 0 Å². The monoisotopic (exact) mass is 343 g/mol. The summed E-state index contributed by atoms with van der Waals surface area (Å²) in [5, 5.41) is 12.5. The number of nitrogens with one attached hydrogen (secondary N) is 1. The molecule has 1 atom stereocenters. The second-order valence-corrected chi connectivity index (χ2v) is 4.43. The van der Waals surface area contributed by atoms with E-state index in [1.165, 1.54) is 11.3 Å². The molecule has 1 unspecified atom stereocenters. The zero-order valence-corrected chi connectivity index (χ0v) is 11.4. The van der Waals surface area contributed by atoms with Gasteiger partial charge in [0.15, 0.2) is 5.13 Å². The minimum Gasteiger partial charge on any atom is -0.383 e. The number of rotatable bonds is 3. The van der Waals surface area contributed by atoms with E-state index in [0.717, 1.165) is 10.2 Å². The van der Waals surface area contributed by atoms with E-state index in [1.54, 1.807) is 6.92 Å². The molecule has 6 heteroatoms. The minimum absolute atomic E-state index is 0. The summed E-state index contributed by atoms with van der Waals surface area (Å²) in [6, 6.07) is 7.65. The van der Waals surface area contributed by atoms with Crippen LogP contribution in [0.5, 0.6) is 0 Å². The van der Waals surface area contributed by atoms with Gasteiger partial charge in [0.2, 0.25) is 0 Å². The number of hydrogen-bond acceptors (Lipinski definition) is 4. The Morgan fingerprint density at radius 2 is 2.24 bits per heavy atom. The normalized spacial score (nSPS) is 11.9. The van der Waals surface area contributed by atoms with Gasteiger partial charge in [-0.2, -0.15) is 0 Å². The second kappa shape index (κ2) is 6.28. The first kappa shape index (κ1) is 14.3. The number of aliphatic hydroxyl groups excluding tert-OH is 1. The van der Waals surface area contributed by atoms with Gasteiger partial charge < -0.3 is 5.11 Å². The third kappa shape index (κ3) is 3.37. The van der Waals surface area contributed by atoms with Crippen LogP contribution in [0.4, 0.5) is 5.13 Å². The van der Waals surface area contributed by atoms with Gasteiger partial charge in [-0.05, 0) is 18.6 Å². The maximum atomic E-state index is 11.4. The van der Waals surface area contributed by atoms with E-state index in [9.17, 15) is 9.90 Å². The number of hydrogen-bond donors (Lipinski definition) is 2. The molecule has 1 aromatic carbocycles. The van der Waals surface area contributed by atoms with Gasteiger partial charge in [0.05, 0.1) is 10.2 Å². The number of carbonyl (C=O) groups is 1. The Labute approximate surface area is 119 Å². The van der Waals surface area contributed by atoms with Crippen LogP contribution in [-0.2, 0) is 27.2 Å². The molecule has 1 amide bonds. The summed E-state index contributed by atoms with van der Waals surface area (Å²) in [6.45, 7) is 1.75. The maximum Gasteiger partial charge on any atom is 0.254 e. The number of aliphatic hydroxyl groups is 1. The fourth-order valence-electron chi connectivity index (χ4n) is 1.30. The molecule has 95 valence electrons. The summed E-state index contributed by atoms with van der Waals surface area (Å²) in [6.07, 6.45) is -0.566. The van der Waals surface area contributed by atoms with E-state index >= 15 is 0 Å². The molecule has 0 saturated heterocycles. The third-order valence-electron chi connectivity index (χ3n) is 2.21. The summed E-state index contributed by atoms with van der Waals surface area (Å²) in [5.41, 5.74) is 0.855. The molecular weight excluding hydrogens is 332 g/mol. The number of amides is 1. The largest absolute Gasteiger partial charge is 0.383 e. The molecule has 0 saturated carbocycles. The van der Waals surface area contributed by atoms with Crippen LogP contribution in [0.1, 0.15) is 13.3 Å². The summed E-state index contributed by atoms with van der Waals surface area (Å²) >= 11 is 1.40. The van der Waals surface area contributed by atoms with Crippen LogP contribution in [-0.4, -0.2) is 22.1 Å². The first-order valence-corrected chi connectivity index (χ1v) is 5.87. The Morgan fingerprint density at radius 1 is 1.53 bits per heavy atom. The van der Waals surface area contributed by atoms with Crippen LogP contribution in [0.3, 0.4) is 0 Å². The van der Waals surface area contributed by atoms with Crippen molar-refractivity contribution in [2.75, 3.05) is 5.32 Å². The van der Waals surface area contributed by atoms with Crippen molar-refractivity contribution in [3.05, 3.63) is 24.3 Å². The fraction of sp³-hybridized carbons (Fsp3) is 0.273. The Morgan fingerprint density at radius 3 is 2.88 bits per heavy atom. The predicted octanol–water partition coefficient (Wildman–Crippen LogP) is 2.00. The molecule has 0 bridgehead atoms. The van der Waals surface area contributed by atoms with Gasteiger partial charge in [0.25, 0.3) is 5.91 Å². The van der Waals surface area contributed by atoms with E-state index in [0.29, 0.717) is 11.6 Å². The SMILES string of the molecule is CCC(O)C(=O)Nc1nc2ccccc2s1.[Ag]. The standard InChI is InChI=1S/C11H12N2O2S.Ag/c1-2-8(14)10(15)13-11-12-7-5-3-4-6-9(7)16-11;/h3-6,8,14H,2H2,1H3,(H,12,13,15);. The van der Waals surface area contributed by atoms with Crippen LogP contribution in [0.25, 0.3) is 10.2 Å². The van der Waals surface area contributed by atoms with E-state index in [2.05, 4.69) is 10.3 Å². The fourth-order valence-corrected chi connectivity index (χ4v) is 2.17. The summed E-state index contributed by atoms with van der Waals surface area (Å²) < 4.78 is 1.02.